The molecule has 1 aromatic carbocycles. The van der Waals surface area contributed by atoms with E-state index in [0.717, 1.165) is 11.3 Å². The van der Waals surface area contributed by atoms with Crippen LogP contribution in [-0.2, 0) is 24.3 Å². The molecule has 0 saturated carbocycles. The number of hydrogen-bond acceptors (Lipinski definition) is 7. The van der Waals surface area contributed by atoms with Crippen LogP contribution >= 0.6 is 0 Å². The van der Waals surface area contributed by atoms with Crippen LogP contribution in [0.1, 0.15) is 24.9 Å². The fraction of sp³-hybridized carbons (Fsp3) is 0.350. The average Bonchev–Trinajstić information content (AvgIpc) is 2.73. The minimum atomic E-state index is -3.47. The molecule has 2 unspecified atom stereocenters. The fourth-order valence-electron chi connectivity index (χ4n) is 3.38. The molecule has 1 N–H and O–H groups in total. The molecule has 9 nitrogen and oxygen atoms in total. The first-order valence-electron chi connectivity index (χ1n) is 9.55. The van der Waals surface area contributed by atoms with Gasteiger partial charge in [0, 0.05) is 24.7 Å². The molecule has 3 heterocycles. The third-order valence-electron chi connectivity index (χ3n) is 4.99. The van der Waals surface area contributed by atoms with Crippen molar-refractivity contribution in [2.45, 2.75) is 25.5 Å². The highest BCUT2D eigenvalue weighted by atomic mass is 32.2. The molecular formula is C20H21N3O6S. The molecule has 0 spiro atoms. The number of carbonyl (C=O) groups excluding carboxylic acids is 2. The predicted octanol–water partition coefficient (Wildman–Crippen LogP) is 1.06. The second kappa shape index (κ2) is 7.94. The molecular weight excluding hydrogens is 410 g/mol. The molecule has 0 bridgehead atoms. The Bertz CT molecular complexity index is 1080. The Labute approximate surface area is 174 Å². The minimum absolute atomic E-state index is 0.130. The van der Waals surface area contributed by atoms with E-state index in [9.17, 15) is 18.0 Å². The molecule has 3 aliphatic heterocycles. The highest BCUT2D eigenvalue weighted by Crippen LogP contribution is 2.31. The van der Waals surface area contributed by atoms with Gasteiger partial charge in [0.1, 0.15) is 11.6 Å². The minimum Gasteiger partial charge on any atom is -0.493 e. The predicted molar refractivity (Wildman–Crippen MR) is 108 cm³/mol. The zero-order valence-corrected chi connectivity index (χ0v) is 17.1. The van der Waals surface area contributed by atoms with E-state index >= 15 is 0 Å². The average molecular weight is 431 g/mol. The molecule has 3 aliphatic rings. The molecule has 0 aliphatic carbocycles. The van der Waals surface area contributed by atoms with Gasteiger partial charge in [-0.15, -0.1) is 4.40 Å². The second-order valence-corrected chi connectivity index (χ2v) is 8.89. The second-order valence-electron chi connectivity index (χ2n) is 7.13. The van der Waals surface area contributed by atoms with Crippen LogP contribution in [0.3, 0.4) is 0 Å². The maximum Gasteiger partial charge on any atom is 0.340 e. The number of para-hydroxylation sites is 1. The van der Waals surface area contributed by atoms with Crippen LogP contribution in [0.2, 0.25) is 0 Å². The Morgan fingerprint density at radius 2 is 2.10 bits per heavy atom. The molecule has 2 atom stereocenters. The molecule has 1 aromatic rings. The number of fused-ring (bicyclic) bond motifs is 2. The van der Waals surface area contributed by atoms with Gasteiger partial charge in [-0.3, -0.25) is 4.79 Å². The van der Waals surface area contributed by atoms with Gasteiger partial charge < -0.3 is 19.7 Å². The van der Waals surface area contributed by atoms with Crippen LogP contribution in [-0.4, -0.2) is 56.0 Å². The Hall–Kier alpha value is -3.14. The number of hydrogen-bond donors (Lipinski definition) is 1. The number of nitrogens with zero attached hydrogens (tertiary/aromatic N) is 2. The van der Waals surface area contributed by atoms with Gasteiger partial charge in [-0.25, -0.2) is 13.2 Å². The zero-order valence-electron chi connectivity index (χ0n) is 16.3. The first-order chi connectivity index (χ1) is 14.3. The van der Waals surface area contributed by atoms with Crippen LogP contribution in [0.5, 0.6) is 5.75 Å². The van der Waals surface area contributed by atoms with Crippen molar-refractivity contribution in [3.63, 3.8) is 0 Å². The van der Waals surface area contributed by atoms with Crippen molar-refractivity contribution < 1.29 is 27.5 Å². The van der Waals surface area contributed by atoms with Crippen LogP contribution in [0.4, 0.5) is 0 Å². The van der Waals surface area contributed by atoms with Crippen molar-refractivity contribution in [3.8, 4) is 5.75 Å². The largest absolute Gasteiger partial charge is 0.493 e. The van der Waals surface area contributed by atoms with Gasteiger partial charge in [0.15, 0.2) is 6.10 Å². The normalized spacial score (nSPS) is 22.4. The van der Waals surface area contributed by atoms with Crippen molar-refractivity contribution in [3.05, 3.63) is 53.8 Å². The summed E-state index contributed by atoms with van der Waals surface area (Å²) in [7, 11) is -3.47. The Kier molecular flexibility index (Phi) is 5.33. The fourth-order valence-corrected chi connectivity index (χ4v) is 4.35. The Morgan fingerprint density at radius 3 is 2.93 bits per heavy atom. The third-order valence-corrected chi connectivity index (χ3v) is 6.15. The SMILES string of the molecule is CC(OC(=O)C1=CN2CCS(=O)(=O)N=C2C=C1)C(=O)NC1CCOc2ccccc21. The van der Waals surface area contributed by atoms with Crippen molar-refractivity contribution >= 4 is 27.7 Å². The van der Waals surface area contributed by atoms with Crippen molar-refractivity contribution in [1.82, 2.24) is 10.2 Å². The van der Waals surface area contributed by atoms with E-state index in [0.29, 0.717) is 13.0 Å². The van der Waals surface area contributed by atoms with Gasteiger partial charge >= 0.3 is 5.97 Å². The molecule has 0 radical (unpaired) electrons. The van der Waals surface area contributed by atoms with E-state index < -0.39 is 28.0 Å². The number of amidine groups is 1. The molecule has 158 valence electrons. The van der Waals surface area contributed by atoms with E-state index in [1.165, 1.54) is 25.3 Å². The quantitative estimate of drug-likeness (QED) is 0.709. The van der Waals surface area contributed by atoms with Crippen molar-refractivity contribution in [1.29, 1.82) is 0 Å². The maximum atomic E-state index is 12.6. The number of esters is 1. The van der Waals surface area contributed by atoms with E-state index in [1.807, 2.05) is 24.3 Å². The Balaban J connectivity index is 1.38. The molecule has 0 saturated heterocycles. The standard InChI is InChI=1S/C20H21N3O6S/c1-13(19(24)21-16-8-10-28-17-5-3-2-4-15(16)17)29-20(25)14-6-7-18-22-30(26,27)11-9-23(18)12-14/h2-7,12-13,16H,8-11H2,1H3,(H,21,24). The number of sulfonamides is 1. The Morgan fingerprint density at radius 1 is 1.30 bits per heavy atom. The highest BCUT2D eigenvalue weighted by molar-refractivity contribution is 7.90. The lowest BCUT2D eigenvalue weighted by Crippen LogP contribution is -2.40. The number of amides is 1. The van der Waals surface area contributed by atoms with Crippen LogP contribution in [0, 0.1) is 0 Å². The van der Waals surface area contributed by atoms with Gasteiger partial charge in [-0.1, -0.05) is 18.2 Å². The van der Waals surface area contributed by atoms with Gasteiger partial charge in [-0.05, 0) is 25.1 Å². The number of ether oxygens (including phenoxy) is 2. The smallest absolute Gasteiger partial charge is 0.340 e. The summed E-state index contributed by atoms with van der Waals surface area (Å²) in [6.45, 7) is 2.19. The van der Waals surface area contributed by atoms with Gasteiger partial charge in [0.25, 0.3) is 15.9 Å². The summed E-state index contributed by atoms with van der Waals surface area (Å²) in [5.74, 6) is -0.223. The van der Waals surface area contributed by atoms with E-state index in [4.69, 9.17) is 9.47 Å². The van der Waals surface area contributed by atoms with Crippen molar-refractivity contribution in [2.75, 3.05) is 18.9 Å². The maximum absolute atomic E-state index is 12.6. The molecule has 0 aromatic heterocycles. The summed E-state index contributed by atoms with van der Waals surface area (Å²) >= 11 is 0. The van der Waals surface area contributed by atoms with Crippen LogP contribution < -0.4 is 10.1 Å². The molecule has 30 heavy (non-hydrogen) atoms. The zero-order chi connectivity index (χ0) is 21.3. The van der Waals surface area contributed by atoms with Crippen molar-refractivity contribution in [2.24, 2.45) is 4.40 Å². The van der Waals surface area contributed by atoms with Gasteiger partial charge in [-0.2, -0.15) is 0 Å². The highest BCUT2D eigenvalue weighted by Gasteiger charge is 2.29. The van der Waals surface area contributed by atoms with E-state index in [-0.39, 0.29) is 29.7 Å². The van der Waals surface area contributed by atoms with E-state index in [1.54, 1.807) is 4.90 Å². The summed E-state index contributed by atoms with van der Waals surface area (Å²) in [5.41, 5.74) is 1.10. The molecule has 0 fully saturated rings. The lowest BCUT2D eigenvalue weighted by atomic mass is 10.0. The topological polar surface area (TPSA) is 114 Å². The summed E-state index contributed by atoms with van der Waals surface area (Å²) in [6.07, 6.45) is 3.97. The number of carbonyl (C=O) groups is 2. The first kappa shape index (κ1) is 20.1. The van der Waals surface area contributed by atoms with Crippen LogP contribution in [0.15, 0.2) is 52.6 Å². The monoisotopic (exact) mass is 431 g/mol. The van der Waals surface area contributed by atoms with E-state index in [2.05, 4.69) is 9.71 Å². The molecule has 10 heteroatoms. The van der Waals surface area contributed by atoms with Gasteiger partial charge in [0.05, 0.1) is 24.0 Å². The third kappa shape index (κ3) is 4.23. The number of benzene rings is 1. The summed E-state index contributed by atoms with van der Waals surface area (Å²) in [6, 6.07) is 7.27. The number of nitrogens with one attached hydrogen (secondary N) is 1. The van der Waals surface area contributed by atoms with Gasteiger partial charge in [0.2, 0.25) is 0 Å². The van der Waals surface area contributed by atoms with Crippen LogP contribution in [0.25, 0.3) is 0 Å². The molecule has 4 rings (SSSR count). The summed E-state index contributed by atoms with van der Waals surface area (Å²) in [4.78, 5) is 26.6. The molecule has 1 amide bonds. The lowest BCUT2D eigenvalue weighted by molar-refractivity contribution is -0.151. The first-order valence-corrected chi connectivity index (χ1v) is 11.2. The summed E-state index contributed by atoms with van der Waals surface area (Å²) in [5, 5.41) is 2.91. The lowest BCUT2D eigenvalue weighted by Gasteiger charge is -2.28. The number of rotatable bonds is 4. The summed E-state index contributed by atoms with van der Waals surface area (Å²) < 4.78 is 37.7.